The van der Waals surface area contributed by atoms with E-state index in [4.69, 9.17) is 4.98 Å². The molecule has 0 aliphatic rings. The first kappa shape index (κ1) is 22.7. The molecule has 8 rings (SSSR count). The smallest absolute Gasteiger partial charge is 0.138 e. The highest BCUT2D eigenvalue weighted by Crippen LogP contribution is 2.44. The fourth-order valence-electron chi connectivity index (χ4n) is 6.23. The van der Waals surface area contributed by atoms with Crippen LogP contribution in [0.3, 0.4) is 0 Å². The van der Waals surface area contributed by atoms with Crippen LogP contribution in [0.1, 0.15) is 5.82 Å². The second-order valence-electron chi connectivity index (χ2n) is 10.3. The zero-order chi connectivity index (χ0) is 26.6. The van der Waals surface area contributed by atoms with Crippen LogP contribution >= 0.6 is 0 Å². The van der Waals surface area contributed by atoms with E-state index < -0.39 is 0 Å². The van der Waals surface area contributed by atoms with Crippen molar-refractivity contribution in [3.05, 3.63) is 139 Å². The van der Waals surface area contributed by atoms with Crippen molar-refractivity contribution in [2.45, 2.75) is 6.92 Å². The number of aryl methyl sites for hydroxylation is 1. The lowest BCUT2D eigenvalue weighted by Gasteiger charge is -2.18. The Bertz CT molecular complexity index is 2170. The highest BCUT2D eigenvalue weighted by atomic mass is 15.1. The molecule has 0 radical (unpaired) electrons. The molecule has 0 N–H and O–H groups in total. The van der Waals surface area contributed by atoms with Gasteiger partial charge in [0.05, 0.1) is 11.0 Å². The summed E-state index contributed by atoms with van der Waals surface area (Å²) >= 11 is 0. The first-order valence-corrected chi connectivity index (χ1v) is 13.6. The minimum Gasteiger partial charge on any atom is -0.281 e. The number of nitrogens with zero attached hydrogens (tertiary/aromatic N) is 3. The zero-order valence-electron chi connectivity index (χ0n) is 22.0. The third-order valence-corrected chi connectivity index (χ3v) is 7.96. The van der Waals surface area contributed by atoms with Gasteiger partial charge in [0.1, 0.15) is 11.6 Å². The molecule has 0 fully saturated rings. The van der Waals surface area contributed by atoms with E-state index in [2.05, 4.69) is 119 Å². The Balaban J connectivity index is 1.41. The standard InChI is InChI=1S/C37H25N3/c1-24-39-33-23-28(19-20-34(33)40(24)35-16-8-9-21-38-35)37-31-14-6-4-12-29(31)36(30-13-5-7-15-32(30)37)27-18-17-25-10-2-3-11-26(25)22-27/h2-23H,1H3. The summed E-state index contributed by atoms with van der Waals surface area (Å²) in [4.78, 5) is 9.53. The van der Waals surface area contributed by atoms with Crippen molar-refractivity contribution in [3.8, 4) is 28.1 Å². The molecule has 0 bridgehead atoms. The summed E-state index contributed by atoms with van der Waals surface area (Å²) in [6.45, 7) is 2.04. The molecule has 0 aliphatic carbocycles. The van der Waals surface area contributed by atoms with Crippen LogP contribution in [0.25, 0.3) is 71.4 Å². The van der Waals surface area contributed by atoms with Gasteiger partial charge >= 0.3 is 0 Å². The highest BCUT2D eigenvalue weighted by molar-refractivity contribution is 6.22. The van der Waals surface area contributed by atoms with Crippen molar-refractivity contribution >= 4 is 43.4 Å². The van der Waals surface area contributed by atoms with Crippen LogP contribution in [0.5, 0.6) is 0 Å². The average Bonchev–Trinajstić information content (AvgIpc) is 3.34. The van der Waals surface area contributed by atoms with Crippen LogP contribution in [0, 0.1) is 6.92 Å². The van der Waals surface area contributed by atoms with Crippen LogP contribution in [0.15, 0.2) is 134 Å². The molecule has 0 amide bonds. The van der Waals surface area contributed by atoms with Crippen LogP contribution in [0.4, 0.5) is 0 Å². The van der Waals surface area contributed by atoms with Crippen LogP contribution in [-0.4, -0.2) is 14.5 Å². The summed E-state index contributed by atoms with van der Waals surface area (Å²) in [6.07, 6.45) is 1.82. The molecule has 3 nitrogen and oxygen atoms in total. The summed E-state index contributed by atoms with van der Waals surface area (Å²) in [7, 11) is 0. The molecule has 0 saturated carbocycles. The van der Waals surface area contributed by atoms with E-state index in [1.807, 2.05) is 31.3 Å². The molecular weight excluding hydrogens is 486 g/mol. The molecule has 0 saturated heterocycles. The number of benzene rings is 6. The summed E-state index contributed by atoms with van der Waals surface area (Å²) in [6, 6.07) is 45.6. The van der Waals surface area contributed by atoms with Gasteiger partial charge < -0.3 is 0 Å². The number of hydrogen-bond donors (Lipinski definition) is 0. The number of aromatic nitrogens is 3. The normalized spacial score (nSPS) is 11.6. The summed E-state index contributed by atoms with van der Waals surface area (Å²) in [5, 5.41) is 7.49. The number of imidazole rings is 1. The van der Waals surface area contributed by atoms with Gasteiger partial charge in [-0.1, -0.05) is 97.1 Å². The topological polar surface area (TPSA) is 30.7 Å². The largest absolute Gasteiger partial charge is 0.281 e. The predicted octanol–water partition coefficient (Wildman–Crippen LogP) is 9.52. The minimum atomic E-state index is 0.880. The molecule has 2 heterocycles. The van der Waals surface area contributed by atoms with Gasteiger partial charge in [-0.25, -0.2) is 9.97 Å². The maximum Gasteiger partial charge on any atom is 0.138 e. The van der Waals surface area contributed by atoms with E-state index >= 15 is 0 Å². The summed E-state index contributed by atoms with van der Waals surface area (Å²) in [5.41, 5.74) is 6.93. The number of rotatable bonds is 3. The zero-order valence-corrected chi connectivity index (χ0v) is 22.0. The lowest BCUT2D eigenvalue weighted by Crippen LogP contribution is -1.98. The predicted molar refractivity (Wildman–Crippen MR) is 167 cm³/mol. The van der Waals surface area contributed by atoms with E-state index in [0.717, 1.165) is 28.2 Å². The van der Waals surface area contributed by atoms with Gasteiger partial charge in [-0.2, -0.15) is 0 Å². The first-order valence-electron chi connectivity index (χ1n) is 13.6. The Morgan fingerprint density at radius 2 is 1.10 bits per heavy atom. The van der Waals surface area contributed by atoms with Gasteiger partial charge in [-0.15, -0.1) is 0 Å². The third-order valence-electron chi connectivity index (χ3n) is 7.96. The number of pyridine rings is 1. The third kappa shape index (κ3) is 3.45. The molecular formula is C37H25N3. The fraction of sp³-hybridized carbons (Fsp3) is 0.0270. The van der Waals surface area contributed by atoms with Crippen molar-refractivity contribution in [1.82, 2.24) is 14.5 Å². The Labute approximate surface area is 232 Å². The molecule has 0 spiro atoms. The maximum absolute atomic E-state index is 4.95. The van der Waals surface area contributed by atoms with E-state index in [0.29, 0.717) is 0 Å². The second kappa shape index (κ2) is 8.89. The van der Waals surface area contributed by atoms with Gasteiger partial charge in [0.25, 0.3) is 0 Å². The Morgan fingerprint density at radius 1 is 0.525 bits per heavy atom. The Hall–Kier alpha value is -5.28. The Kier molecular flexibility index (Phi) is 5.04. The maximum atomic E-state index is 4.95. The molecule has 40 heavy (non-hydrogen) atoms. The molecule has 0 unspecified atom stereocenters. The second-order valence-corrected chi connectivity index (χ2v) is 10.3. The number of hydrogen-bond acceptors (Lipinski definition) is 2. The SMILES string of the molecule is Cc1nc2cc(-c3c4ccccc4c(-c4ccc5ccccc5c4)c4ccccc34)ccc2n1-c1ccccn1. The number of fused-ring (bicyclic) bond motifs is 4. The van der Waals surface area contributed by atoms with Crippen molar-refractivity contribution < 1.29 is 0 Å². The van der Waals surface area contributed by atoms with E-state index in [-0.39, 0.29) is 0 Å². The molecule has 6 aromatic carbocycles. The van der Waals surface area contributed by atoms with Gasteiger partial charge in [0.15, 0.2) is 0 Å². The summed E-state index contributed by atoms with van der Waals surface area (Å²) < 4.78 is 2.12. The lowest BCUT2D eigenvalue weighted by atomic mass is 9.85. The van der Waals surface area contributed by atoms with Crippen molar-refractivity contribution in [2.24, 2.45) is 0 Å². The van der Waals surface area contributed by atoms with E-state index in [9.17, 15) is 0 Å². The molecule has 3 heteroatoms. The van der Waals surface area contributed by atoms with E-state index in [1.54, 1.807) is 0 Å². The molecule has 0 aliphatic heterocycles. The quantitative estimate of drug-likeness (QED) is 0.221. The monoisotopic (exact) mass is 511 g/mol. The first-order chi connectivity index (χ1) is 19.8. The van der Waals surface area contributed by atoms with Crippen molar-refractivity contribution in [3.63, 3.8) is 0 Å². The van der Waals surface area contributed by atoms with Crippen LogP contribution in [0.2, 0.25) is 0 Å². The molecule has 188 valence electrons. The van der Waals surface area contributed by atoms with Gasteiger partial charge in [0.2, 0.25) is 0 Å². The molecule has 2 aromatic heterocycles. The summed E-state index contributed by atoms with van der Waals surface area (Å²) in [5.74, 6) is 1.80. The molecule has 8 aromatic rings. The van der Waals surface area contributed by atoms with Crippen molar-refractivity contribution in [1.29, 1.82) is 0 Å². The van der Waals surface area contributed by atoms with Gasteiger partial charge in [-0.3, -0.25) is 4.57 Å². The molecule has 0 atom stereocenters. The van der Waals surface area contributed by atoms with E-state index in [1.165, 1.54) is 49.0 Å². The van der Waals surface area contributed by atoms with Crippen LogP contribution in [-0.2, 0) is 0 Å². The average molecular weight is 512 g/mol. The highest BCUT2D eigenvalue weighted by Gasteiger charge is 2.18. The van der Waals surface area contributed by atoms with Gasteiger partial charge in [0, 0.05) is 6.20 Å². The lowest BCUT2D eigenvalue weighted by molar-refractivity contribution is 0.957. The van der Waals surface area contributed by atoms with Crippen molar-refractivity contribution in [2.75, 3.05) is 0 Å². The Morgan fingerprint density at radius 3 is 1.75 bits per heavy atom. The minimum absolute atomic E-state index is 0.880. The fourth-order valence-corrected chi connectivity index (χ4v) is 6.23. The van der Waals surface area contributed by atoms with Gasteiger partial charge in [-0.05, 0) is 91.8 Å². The van der Waals surface area contributed by atoms with Crippen LogP contribution < -0.4 is 0 Å².